The Morgan fingerprint density at radius 1 is 1.23 bits per heavy atom. The molecule has 0 fully saturated rings. The summed E-state index contributed by atoms with van der Waals surface area (Å²) in [5.41, 5.74) is 6.75. The molecule has 1 aromatic rings. The van der Waals surface area contributed by atoms with Crippen molar-refractivity contribution >= 4 is 35.6 Å². The van der Waals surface area contributed by atoms with Gasteiger partial charge in [-0.3, -0.25) is 9.59 Å². The second kappa shape index (κ2) is 10.2. The van der Waals surface area contributed by atoms with Crippen molar-refractivity contribution in [2.75, 3.05) is 24.3 Å². The molecule has 4 N–H and O–H groups in total. The number of carbonyl (C=O) groups excluding carboxylic acids is 2. The smallest absolute Gasteiger partial charge is 0.227 e. The molecule has 0 spiro atoms. The molecule has 0 aliphatic rings. The van der Waals surface area contributed by atoms with E-state index in [0.29, 0.717) is 11.4 Å². The van der Waals surface area contributed by atoms with E-state index in [1.807, 2.05) is 13.8 Å². The number of rotatable bonds is 7. The maximum absolute atomic E-state index is 11.8. The van der Waals surface area contributed by atoms with Crippen molar-refractivity contribution in [3.8, 4) is 0 Å². The number of methoxy groups -OCH3 is 1. The molecule has 124 valence electrons. The van der Waals surface area contributed by atoms with Gasteiger partial charge in [-0.1, -0.05) is 19.9 Å². The van der Waals surface area contributed by atoms with E-state index in [1.165, 1.54) is 7.11 Å². The average Bonchev–Trinajstić information content (AvgIpc) is 2.44. The van der Waals surface area contributed by atoms with Crippen molar-refractivity contribution in [2.24, 2.45) is 11.7 Å². The summed E-state index contributed by atoms with van der Waals surface area (Å²) >= 11 is 0. The number of carbonyl (C=O) groups is 2. The van der Waals surface area contributed by atoms with Crippen LogP contribution in [0.25, 0.3) is 0 Å². The van der Waals surface area contributed by atoms with E-state index in [0.717, 1.165) is 0 Å². The Balaban J connectivity index is 0.00000441. The van der Waals surface area contributed by atoms with Crippen molar-refractivity contribution in [3.63, 3.8) is 0 Å². The van der Waals surface area contributed by atoms with Crippen molar-refractivity contribution in [3.05, 3.63) is 24.3 Å². The molecule has 0 aliphatic carbocycles. The van der Waals surface area contributed by atoms with Gasteiger partial charge in [0.05, 0.1) is 12.5 Å². The lowest BCUT2D eigenvalue weighted by molar-refractivity contribution is -0.119. The van der Waals surface area contributed by atoms with Gasteiger partial charge in [-0.05, 0) is 18.2 Å². The SMILES string of the molecule is COC(CN)CC(=O)Nc1cccc(NC(=O)C(C)C)c1.Cl. The highest BCUT2D eigenvalue weighted by Gasteiger charge is 2.12. The fourth-order valence-electron chi connectivity index (χ4n) is 1.64. The molecule has 0 saturated heterocycles. The molecular formula is C15H24ClN3O3. The van der Waals surface area contributed by atoms with Gasteiger partial charge in [0, 0.05) is 30.9 Å². The van der Waals surface area contributed by atoms with Crippen LogP contribution in [0.4, 0.5) is 11.4 Å². The Bertz CT molecular complexity index is 491. The van der Waals surface area contributed by atoms with Gasteiger partial charge in [0.1, 0.15) is 0 Å². The first kappa shape index (κ1) is 20.4. The summed E-state index contributed by atoms with van der Waals surface area (Å²) < 4.78 is 5.07. The van der Waals surface area contributed by atoms with E-state index in [-0.39, 0.29) is 49.2 Å². The Kier molecular flexibility index (Phi) is 9.40. The molecule has 0 radical (unpaired) electrons. The standard InChI is InChI=1S/C15H23N3O3.ClH/c1-10(2)15(20)18-12-6-4-5-11(7-12)17-14(19)8-13(9-16)21-3;/h4-7,10,13H,8-9,16H2,1-3H3,(H,17,19)(H,18,20);1H. The maximum Gasteiger partial charge on any atom is 0.227 e. The van der Waals surface area contributed by atoms with E-state index >= 15 is 0 Å². The first-order valence-corrected chi connectivity index (χ1v) is 6.90. The van der Waals surface area contributed by atoms with Crippen LogP contribution in [0.5, 0.6) is 0 Å². The molecule has 0 aromatic heterocycles. The van der Waals surface area contributed by atoms with Gasteiger partial charge in [0.15, 0.2) is 0 Å². The van der Waals surface area contributed by atoms with E-state index in [4.69, 9.17) is 10.5 Å². The van der Waals surface area contributed by atoms with Crippen molar-refractivity contribution in [1.82, 2.24) is 0 Å². The second-order valence-electron chi connectivity index (χ2n) is 5.07. The van der Waals surface area contributed by atoms with Gasteiger partial charge in [-0.15, -0.1) is 12.4 Å². The number of anilines is 2. The summed E-state index contributed by atoms with van der Waals surface area (Å²) in [7, 11) is 1.52. The Hall–Kier alpha value is -1.63. The summed E-state index contributed by atoms with van der Waals surface area (Å²) in [5.74, 6) is -0.351. The van der Waals surface area contributed by atoms with E-state index in [9.17, 15) is 9.59 Å². The molecule has 0 aliphatic heterocycles. The van der Waals surface area contributed by atoms with Gasteiger partial charge in [-0.25, -0.2) is 0 Å². The minimum atomic E-state index is -0.297. The maximum atomic E-state index is 11.8. The van der Waals surface area contributed by atoms with Crippen LogP contribution in [0.1, 0.15) is 20.3 Å². The van der Waals surface area contributed by atoms with Gasteiger partial charge < -0.3 is 21.1 Å². The molecule has 0 heterocycles. The van der Waals surface area contributed by atoms with Gasteiger partial charge in [0.25, 0.3) is 0 Å². The van der Waals surface area contributed by atoms with Crippen molar-refractivity contribution in [2.45, 2.75) is 26.4 Å². The highest BCUT2D eigenvalue weighted by Crippen LogP contribution is 2.16. The van der Waals surface area contributed by atoms with Crippen LogP contribution in [-0.4, -0.2) is 31.6 Å². The summed E-state index contributed by atoms with van der Waals surface area (Å²) in [4.78, 5) is 23.5. The minimum Gasteiger partial charge on any atom is -0.380 e. The quantitative estimate of drug-likeness (QED) is 0.713. The zero-order valence-corrected chi connectivity index (χ0v) is 13.9. The van der Waals surface area contributed by atoms with E-state index < -0.39 is 0 Å². The molecule has 1 aromatic carbocycles. The summed E-state index contributed by atoms with van der Waals surface area (Å²) in [6, 6.07) is 7.01. The Morgan fingerprint density at radius 2 is 1.82 bits per heavy atom. The first-order chi connectivity index (χ1) is 9.96. The van der Waals surface area contributed by atoms with Crippen LogP contribution in [0.15, 0.2) is 24.3 Å². The molecule has 2 amide bonds. The third kappa shape index (κ3) is 6.89. The third-order valence-electron chi connectivity index (χ3n) is 2.95. The number of nitrogens with two attached hydrogens (primary N) is 1. The van der Waals surface area contributed by atoms with Crippen LogP contribution in [0.3, 0.4) is 0 Å². The predicted octanol–water partition coefficient (Wildman–Crippen LogP) is 2.01. The highest BCUT2D eigenvalue weighted by molar-refractivity contribution is 5.94. The molecule has 7 heteroatoms. The highest BCUT2D eigenvalue weighted by atomic mass is 35.5. The molecule has 6 nitrogen and oxygen atoms in total. The van der Waals surface area contributed by atoms with E-state index in [1.54, 1.807) is 24.3 Å². The molecule has 22 heavy (non-hydrogen) atoms. The van der Waals surface area contributed by atoms with Gasteiger partial charge >= 0.3 is 0 Å². The lowest BCUT2D eigenvalue weighted by Crippen LogP contribution is -2.28. The number of amides is 2. The summed E-state index contributed by atoms with van der Waals surface area (Å²) in [6.45, 7) is 3.92. The number of hydrogen-bond donors (Lipinski definition) is 3. The van der Waals surface area contributed by atoms with E-state index in [2.05, 4.69) is 10.6 Å². The Labute approximate surface area is 137 Å². The van der Waals surface area contributed by atoms with Crippen molar-refractivity contribution in [1.29, 1.82) is 0 Å². The summed E-state index contributed by atoms with van der Waals surface area (Å²) in [6.07, 6.45) is -0.107. The van der Waals surface area contributed by atoms with Gasteiger partial charge in [-0.2, -0.15) is 0 Å². The molecule has 1 unspecified atom stereocenters. The molecule has 1 rings (SSSR count). The van der Waals surface area contributed by atoms with Crippen molar-refractivity contribution < 1.29 is 14.3 Å². The zero-order valence-electron chi connectivity index (χ0n) is 13.1. The topological polar surface area (TPSA) is 93.4 Å². The summed E-state index contributed by atoms with van der Waals surface area (Å²) in [5, 5.41) is 5.54. The normalized spacial score (nSPS) is 11.5. The lowest BCUT2D eigenvalue weighted by Gasteiger charge is -2.13. The first-order valence-electron chi connectivity index (χ1n) is 6.90. The van der Waals surface area contributed by atoms with Gasteiger partial charge in [0.2, 0.25) is 11.8 Å². The molecule has 1 atom stereocenters. The number of hydrogen-bond acceptors (Lipinski definition) is 4. The molecular weight excluding hydrogens is 306 g/mol. The van der Waals surface area contributed by atoms with Crippen LogP contribution < -0.4 is 16.4 Å². The average molecular weight is 330 g/mol. The van der Waals surface area contributed by atoms with Crippen LogP contribution in [0.2, 0.25) is 0 Å². The molecule has 0 bridgehead atoms. The zero-order chi connectivity index (χ0) is 15.8. The fraction of sp³-hybridized carbons (Fsp3) is 0.467. The minimum absolute atomic E-state index is 0. The molecule has 0 saturated carbocycles. The fourth-order valence-corrected chi connectivity index (χ4v) is 1.64. The second-order valence-corrected chi connectivity index (χ2v) is 5.07. The number of halogens is 1. The number of benzene rings is 1. The number of ether oxygens (including phenoxy) is 1. The monoisotopic (exact) mass is 329 g/mol. The Morgan fingerprint density at radius 3 is 2.32 bits per heavy atom. The van der Waals surface area contributed by atoms with Crippen LogP contribution >= 0.6 is 12.4 Å². The number of nitrogens with one attached hydrogen (secondary N) is 2. The predicted molar refractivity (Wildman–Crippen MR) is 90.3 cm³/mol. The van der Waals surface area contributed by atoms with Crippen LogP contribution in [-0.2, 0) is 14.3 Å². The lowest BCUT2D eigenvalue weighted by atomic mass is 10.2. The third-order valence-corrected chi connectivity index (χ3v) is 2.95. The van der Waals surface area contributed by atoms with Crippen LogP contribution in [0, 0.1) is 5.92 Å². The largest absolute Gasteiger partial charge is 0.380 e.